The van der Waals surface area contributed by atoms with E-state index < -0.39 is 0 Å². The number of halogens is 1. The highest BCUT2D eigenvalue weighted by atomic mass is 79.9. The van der Waals surface area contributed by atoms with Crippen LogP contribution in [0.2, 0.25) is 0 Å². The van der Waals surface area contributed by atoms with Crippen molar-refractivity contribution < 1.29 is 0 Å². The number of thiophene rings is 1. The minimum atomic E-state index is 0.598. The van der Waals surface area contributed by atoms with E-state index in [0.29, 0.717) is 4.83 Å². The van der Waals surface area contributed by atoms with Gasteiger partial charge < -0.3 is 0 Å². The molecule has 0 bridgehead atoms. The lowest BCUT2D eigenvalue weighted by molar-refractivity contribution is 0.956. The van der Waals surface area contributed by atoms with Crippen molar-refractivity contribution in [3.63, 3.8) is 0 Å². The fourth-order valence-corrected chi connectivity index (χ4v) is 2.12. The first-order valence-electron chi connectivity index (χ1n) is 3.36. The highest BCUT2D eigenvalue weighted by molar-refractivity contribution is 9.09. The lowest BCUT2D eigenvalue weighted by atomic mass is 10.1. The van der Waals surface area contributed by atoms with Gasteiger partial charge in [-0.25, -0.2) is 0 Å². The Hall–Kier alpha value is 0.180. The molecule has 10 heavy (non-hydrogen) atoms. The predicted octanol–water partition coefficient (Wildman–Crippen LogP) is 3.38. The van der Waals surface area contributed by atoms with Crippen molar-refractivity contribution in [3.05, 3.63) is 21.9 Å². The highest BCUT2D eigenvalue weighted by Crippen LogP contribution is 2.17. The molecule has 0 aliphatic rings. The zero-order valence-electron chi connectivity index (χ0n) is 6.23. The Morgan fingerprint density at radius 2 is 2.30 bits per heavy atom. The molecule has 0 N–H and O–H groups in total. The Balaban J connectivity index is 2.65. The van der Waals surface area contributed by atoms with E-state index in [1.165, 1.54) is 11.1 Å². The third kappa shape index (κ3) is 2.10. The van der Waals surface area contributed by atoms with Gasteiger partial charge in [0.15, 0.2) is 0 Å². The van der Waals surface area contributed by atoms with Crippen LogP contribution >= 0.6 is 27.3 Å². The molecule has 1 aromatic rings. The monoisotopic (exact) mass is 218 g/mol. The molecule has 0 aliphatic heterocycles. The van der Waals surface area contributed by atoms with Gasteiger partial charge in [0.05, 0.1) is 0 Å². The molecule has 0 radical (unpaired) electrons. The van der Waals surface area contributed by atoms with Gasteiger partial charge in [0.2, 0.25) is 0 Å². The Morgan fingerprint density at radius 1 is 1.60 bits per heavy atom. The molecule has 0 amide bonds. The molecular weight excluding hydrogens is 208 g/mol. The Bertz CT molecular complexity index is 203. The minimum Gasteiger partial charge on any atom is -0.152 e. The Kier molecular flexibility index (Phi) is 2.93. The molecule has 0 aromatic carbocycles. The lowest BCUT2D eigenvalue weighted by Crippen LogP contribution is -1.95. The van der Waals surface area contributed by atoms with Crippen molar-refractivity contribution in [2.75, 3.05) is 0 Å². The quantitative estimate of drug-likeness (QED) is 0.669. The maximum atomic E-state index is 3.53. The molecular formula is C8H11BrS. The summed E-state index contributed by atoms with van der Waals surface area (Å²) in [7, 11) is 0. The second-order valence-electron chi connectivity index (χ2n) is 2.56. The molecule has 56 valence electrons. The van der Waals surface area contributed by atoms with Crippen LogP contribution in [-0.4, -0.2) is 4.83 Å². The summed E-state index contributed by atoms with van der Waals surface area (Å²) in [5.74, 6) is 0. The summed E-state index contributed by atoms with van der Waals surface area (Å²) in [6.07, 6.45) is 1.15. The first-order chi connectivity index (χ1) is 4.70. The fourth-order valence-electron chi connectivity index (χ4n) is 0.899. The van der Waals surface area contributed by atoms with Crippen molar-refractivity contribution in [3.8, 4) is 0 Å². The fraction of sp³-hybridized carbons (Fsp3) is 0.500. The summed E-state index contributed by atoms with van der Waals surface area (Å²) >= 11 is 5.32. The van der Waals surface area contributed by atoms with E-state index in [-0.39, 0.29) is 0 Å². The summed E-state index contributed by atoms with van der Waals surface area (Å²) in [6.45, 7) is 4.35. The molecule has 1 atom stereocenters. The van der Waals surface area contributed by atoms with Crippen LogP contribution in [0.3, 0.4) is 0 Å². The van der Waals surface area contributed by atoms with Gasteiger partial charge in [0.1, 0.15) is 0 Å². The van der Waals surface area contributed by atoms with Crippen molar-refractivity contribution >= 4 is 27.3 Å². The van der Waals surface area contributed by atoms with Crippen LogP contribution in [0.5, 0.6) is 0 Å². The molecule has 0 nitrogen and oxygen atoms in total. The van der Waals surface area contributed by atoms with E-state index in [2.05, 4.69) is 40.5 Å². The summed E-state index contributed by atoms with van der Waals surface area (Å²) in [5.41, 5.74) is 2.91. The van der Waals surface area contributed by atoms with Crippen LogP contribution in [-0.2, 0) is 6.42 Å². The summed E-state index contributed by atoms with van der Waals surface area (Å²) < 4.78 is 0. The van der Waals surface area contributed by atoms with E-state index in [1.807, 2.05) is 0 Å². The number of alkyl halides is 1. The van der Waals surface area contributed by atoms with Crippen LogP contribution in [0, 0.1) is 6.92 Å². The number of aryl methyl sites for hydroxylation is 1. The number of hydrogen-bond donors (Lipinski definition) is 0. The topological polar surface area (TPSA) is 0 Å². The molecule has 1 aromatic heterocycles. The molecule has 1 unspecified atom stereocenters. The molecule has 0 spiro atoms. The Labute approximate surface area is 74.4 Å². The van der Waals surface area contributed by atoms with E-state index in [0.717, 1.165) is 6.42 Å². The molecule has 0 saturated carbocycles. The maximum Gasteiger partial charge on any atom is 0.0158 e. The van der Waals surface area contributed by atoms with Gasteiger partial charge in [-0.2, -0.15) is 11.3 Å². The standard InChI is InChI=1S/C8H11BrS/c1-6-4-10-5-8(6)3-7(2)9/h4-5,7H,3H2,1-2H3. The van der Waals surface area contributed by atoms with Gasteiger partial charge in [-0.05, 0) is 35.2 Å². The second kappa shape index (κ2) is 3.54. The minimum absolute atomic E-state index is 0.598. The van der Waals surface area contributed by atoms with Gasteiger partial charge in [0, 0.05) is 4.83 Å². The first-order valence-corrected chi connectivity index (χ1v) is 5.21. The van der Waals surface area contributed by atoms with Gasteiger partial charge in [-0.15, -0.1) is 0 Å². The average Bonchev–Trinajstić information content (AvgIpc) is 2.15. The molecule has 1 rings (SSSR count). The van der Waals surface area contributed by atoms with E-state index >= 15 is 0 Å². The smallest absolute Gasteiger partial charge is 0.0158 e. The summed E-state index contributed by atoms with van der Waals surface area (Å²) in [6, 6.07) is 0. The van der Waals surface area contributed by atoms with Crippen LogP contribution in [0.15, 0.2) is 10.8 Å². The zero-order chi connectivity index (χ0) is 7.56. The van der Waals surface area contributed by atoms with Crippen molar-refractivity contribution in [1.82, 2.24) is 0 Å². The second-order valence-corrected chi connectivity index (χ2v) is 4.87. The van der Waals surface area contributed by atoms with Crippen molar-refractivity contribution in [1.29, 1.82) is 0 Å². The number of rotatable bonds is 2. The molecule has 2 heteroatoms. The maximum absolute atomic E-state index is 3.53. The molecule has 0 saturated heterocycles. The predicted molar refractivity (Wildman–Crippen MR) is 51.1 cm³/mol. The van der Waals surface area contributed by atoms with Crippen LogP contribution < -0.4 is 0 Å². The van der Waals surface area contributed by atoms with Gasteiger partial charge in [0.25, 0.3) is 0 Å². The highest BCUT2D eigenvalue weighted by Gasteiger charge is 2.01. The first kappa shape index (κ1) is 8.28. The lowest BCUT2D eigenvalue weighted by Gasteiger charge is -2.00. The number of hydrogen-bond acceptors (Lipinski definition) is 1. The molecule has 1 heterocycles. The average molecular weight is 219 g/mol. The third-order valence-corrected chi connectivity index (χ3v) is 2.70. The zero-order valence-corrected chi connectivity index (χ0v) is 8.63. The van der Waals surface area contributed by atoms with Crippen LogP contribution in [0.25, 0.3) is 0 Å². The summed E-state index contributed by atoms with van der Waals surface area (Å²) in [4.78, 5) is 0.598. The normalized spacial score (nSPS) is 13.5. The molecule has 0 fully saturated rings. The SMILES string of the molecule is Cc1cscc1CC(C)Br. The third-order valence-electron chi connectivity index (χ3n) is 1.46. The molecule has 0 aliphatic carbocycles. The van der Waals surface area contributed by atoms with Crippen LogP contribution in [0.4, 0.5) is 0 Å². The van der Waals surface area contributed by atoms with Gasteiger partial charge >= 0.3 is 0 Å². The summed E-state index contributed by atoms with van der Waals surface area (Å²) in [5, 5.41) is 4.43. The van der Waals surface area contributed by atoms with Crippen molar-refractivity contribution in [2.45, 2.75) is 25.1 Å². The van der Waals surface area contributed by atoms with Crippen molar-refractivity contribution in [2.24, 2.45) is 0 Å². The van der Waals surface area contributed by atoms with Crippen LogP contribution in [0.1, 0.15) is 18.1 Å². The van der Waals surface area contributed by atoms with E-state index in [9.17, 15) is 0 Å². The largest absolute Gasteiger partial charge is 0.152 e. The van der Waals surface area contributed by atoms with Gasteiger partial charge in [-0.3, -0.25) is 0 Å². The van der Waals surface area contributed by atoms with Gasteiger partial charge in [-0.1, -0.05) is 22.9 Å². The Morgan fingerprint density at radius 3 is 2.70 bits per heavy atom. The van der Waals surface area contributed by atoms with E-state index in [4.69, 9.17) is 0 Å². The van der Waals surface area contributed by atoms with E-state index in [1.54, 1.807) is 11.3 Å².